The van der Waals surface area contributed by atoms with Gasteiger partial charge in [-0.2, -0.15) is 18.3 Å². The number of amides is 1. The molecule has 1 unspecified atom stereocenters. The molecule has 7 nitrogen and oxygen atoms in total. The topological polar surface area (TPSA) is 92.7 Å². The highest BCUT2D eigenvalue weighted by atomic mass is 19.4. The van der Waals surface area contributed by atoms with E-state index in [0.29, 0.717) is 11.5 Å². The van der Waals surface area contributed by atoms with Gasteiger partial charge >= 0.3 is 6.18 Å². The Balaban J connectivity index is 1.88. The molecule has 1 amide bonds. The maximum atomic E-state index is 12.6. The number of anilines is 1. The summed E-state index contributed by atoms with van der Waals surface area (Å²) in [7, 11) is 0. The number of fused-ring (bicyclic) bond motifs is 1. The number of aromatic nitrogens is 4. The number of hydrogen-bond acceptors (Lipinski definition) is 4. The van der Waals surface area contributed by atoms with Crippen LogP contribution < -0.4 is 10.9 Å². The number of H-pyrrole nitrogens is 1. The Kier molecular flexibility index (Phi) is 4.50. The zero-order chi connectivity index (χ0) is 19.9. The Morgan fingerprint density at radius 3 is 2.44 bits per heavy atom. The molecule has 1 atom stereocenters. The summed E-state index contributed by atoms with van der Waals surface area (Å²) in [4.78, 5) is 31.4. The fraction of sp³-hybridized carbons (Fsp3) is 0.294. The molecular formula is C17H16F3N5O2. The quantitative estimate of drug-likeness (QED) is 0.732. The third-order valence-electron chi connectivity index (χ3n) is 4.08. The molecule has 142 valence electrons. The first-order valence-electron chi connectivity index (χ1n) is 8.02. The van der Waals surface area contributed by atoms with Crippen LogP contribution in [0.25, 0.3) is 11.0 Å². The van der Waals surface area contributed by atoms with Crippen LogP contribution in [0.3, 0.4) is 0 Å². The molecule has 0 aliphatic rings. The normalized spacial score (nSPS) is 13.0. The van der Waals surface area contributed by atoms with E-state index in [-0.39, 0.29) is 22.3 Å². The number of rotatable bonds is 3. The zero-order valence-electron chi connectivity index (χ0n) is 14.7. The van der Waals surface area contributed by atoms with Gasteiger partial charge in [0.05, 0.1) is 11.3 Å². The van der Waals surface area contributed by atoms with Crippen molar-refractivity contribution in [3.05, 3.63) is 51.7 Å². The maximum absolute atomic E-state index is 12.6. The lowest BCUT2D eigenvalue weighted by Crippen LogP contribution is -2.25. The molecule has 0 aliphatic heterocycles. The van der Waals surface area contributed by atoms with Crippen LogP contribution >= 0.6 is 0 Å². The molecule has 27 heavy (non-hydrogen) atoms. The van der Waals surface area contributed by atoms with Crippen LogP contribution in [0.5, 0.6) is 0 Å². The Labute approximate surface area is 151 Å². The number of nitrogens with one attached hydrogen (secondary N) is 2. The molecule has 3 rings (SSSR count). The third-order valence-corrected chi connectivity index (χ3v) is 4.08. The molecule has 2 aromatic heterocycles. The largest absolute Gasteiger partial charge is 0.416 e. The second-order valence-corrected chi connectivity index (χ2v) is 6.12. The van der Waals surface area contributed by atoms with E-state index in [4.69, 9.17) is 0 Å². The molecule has 0 fully saturated rings. The third kappa shape index (κ3) is 3.55. The molecule has 0 aliphatic carbocycles. The van der Waals surface area contributed by atoms with E-state index in [9.17, 15) is 22.8 Å². The minimum atomic E-state index is -4.45. The van der Waals surface area contributed by atoms with E-state index in [2.05, 4.69) is 20.4 Å². The zero-order valence-corrected chi connectivity index (χ0v) is 14.7. The van der Waals surface area contributed by atoms with E-state index >= 15 is 0 Å². The molecule has 0 bridgehead atoms. The van der Waals surface area contributed by atoms with Crippen molar-refractivity contribution >= 4 is 22.6 Å². The Morgan fingerprint density at radius 1 is 1.22 bits per heavy atom. The van der Waals surface area contributed by atoms with E-state index in [1.54, 1.807) is 20.8 Å². The van der Waals surface area contributed by atoms with Crippen molar-refractivity contribution in [2.24, 2.45) is 0 Å². The molecule has 2 N–H and O–H groups in total. The average molecular weight is 379 g/mol. The molecule has 0 saturated heterocycles. The van der Waals surface area contributed by atoms with Gasteiger partial charge in [-0.25, -0.2) is 9.67 Å². The summed E-state index contributed by atoms with van der Waals surface area (Å²) < 4.78 is 39.2. The van der Waals surface area contributed by atoms with Crippen molar-refractivity contribution in [1.29, 1.82) is 0 Å². The van der Waals surface area contributed by atoms with Gasteiger partial charge in [-0.1, -0.05) is 0 Å². The number of carbonyl (C=O) groups is 1. The first kappa shape index (κ1) is 18.6. The minimum Gasteiger partial charge on any atom is -0.324 e. The van der Waals surface area contributed by atoms with Gasteiger partial charge in [0.2, 0.25) is 5.91 Å². The van der Waals surface area contributed by atoms with E-state index in [1.165, 1.54) is 16.8 Å². The number of aromatic amines is 1. The molecule has 3 aromatic rings. The van der Waals surface area contributed by atoms with Crippen LogP contribution in [0.4, 0.5) is 18.9 Å². The lowest BCUT2D eigenvalue weighted by atomic mass is 10.2. The monoisotopic (exact) mass is 379 g/mol. The number of carbonyl (C=O) groups excluding carboxylic acids is 1. The van der Waals surface area contributed by atoms with Gasteiger partial charge in [0, 0.05) is 5.69 Å². The Bertz CT molecular complexity index is 1070. The highest BCUT2D eigenvalue weighted by Gasteiger charge is 2.30. The molecule has 0 radical (unpaired) electrons. The first-order valence-corrected chi connectivity index (χ1v) is 8.02. The predicted molar refractivity (Wildman–Crippen MR) is 92.4 cm³/mol. The Morgan fingerprint density at radius 2 is 1.85 bits per heavy atom. The van der Waals surface area contributed by atoms with Gasteiger partial charge in [-0.3, -0.25) is 9.59 Å². The number of benzene rings is 1. The van der Waals surface area contributed by atoms with Crippen LogP contribution in [0.15, 0.2) is 29.1 Å². The number of aryl methyl sites for hydroxylation is 2. The maximum Gasteiger partial charge on any atom is 0.416 e. The van der Waals surface area contributed by atoms with Crippen molar-refractivity contribution in [2.75, 3.05) is 5.32 Å². The van der Waals surface area contributed by atoms with Crippen LogP contribution in [-0.4, -0.2) is 25.7 Å². The van der Waals surface area contributed by atoms with Crippen LogP contribution in [0, 0.1) is 13.8 Å². The SMILES string of the molecule is Cc1nc2c(c(C)nn2C(C)C(=O)Nc2ccc(C(F)(F)F)cc2)c(=O)[nH]1. The van der Waals surface area contributed by atoms with Crippen molar-refractivity contribution < 1.29 is 18.0 Å². The molecular weight excluding hydrogens is 363 g/mol. The number of nitrogens with zero attached hydrogens (tertiary/aromatic N) is 3. The number of hydrogen-bond donors (Lipinski definition) is 2. The standard InChI is InChI=1S/C17H16F3N5O2/c1-8-13-14(21-10(3)22-16(13)27)25(24-8)9(2)15(26)23-12-6-4-11(5-7-12)17(18,19)20/h4-7,9H,1-3H3,(H,23,26)(H,21,22,27). The van der Waals surface area contributed by atoms with Crippen molar-refractivity contribution in [3.8, 4) is 0 Å². The lowest BCUT2D eigenvalue weighted by molar-refractivity contribution is -0.137. The summed E-state index contributed by atoms with van der Waals surface area (Å²) in [5, 5.41) is 7.05. The molecule has 0 saturated carbocycles. The summed E-state index contributed by atoms with van der Waals surface area (Å²) in [6, 6.07) is 3.29. The highest BCUT2D eigenvalue weighted by molar-refractivity contribution is 5.94. The fourth-order valence-electron chi connectivity index (χ4n) is 2.69. The molecule has 2 heterocycles. The van der Waals surface area contributed by atoms with E-state index in [0.717, 1.165) is 12.1 Å². The van der Waals surface area contributed by atoms with Gasteiger partial charge in [0.1, 0.15) is 17.3 Å². The summed E-state index contributed by atoms with van der Waals surface area (Å²) in [5.41, 5.74) is -0.246. The van der Waals surface area contributed by atoms with Crippen molar-refractivity contribution in [3.63, 3.8) is 0 Å². The van der Waals surface area contributed by atoms with Crippen molar-refractivity contribution in [1.82, 2.24) is 19.7 Å². The smallest absolute Gasteiger partial charge is 0.324 e. The van der Waals surface area contributed by atoms with E-state index in [1.807, 2.05) is 0 Å². The van der Waals surface area contributed by atoms with E-state index < -0.39 is 23.7 Å². The van der Waals surface area contributed by atoms with Crippen LogP contribution in [0.1, 0.15) is 30.0 Å². The molecule has 0 spiro atoms. The molecule has 1 aromatic carbocycles. The van der Waals surface area contributed by atoms with Gasteiger partial charge in [0.15, 0.2) is 5.65 Å². The summed E-state index contributed by atoms with van der Waals surface area (Å²) in [5.74, 6) is -0.122. The van der Waals surface area contributed by atoms with Crippen LogP contribution in [0.2, 0.25) is 0 Å². The summed E-state index contributed by atoms with van der Waals surface area (Å²) in [6.45, 7) is 4.80. The fourth-order valence-corrected chi connectivity index (χ4v) is 2.69. The predicted octanol–water partition coefficient (Wildman–Crippen LogP) is 2.95. The van der Waals surface area contributed by atoms with Crippen LogP contribution in [-0.2, 0) is 11.0 Å². The highest BCUT2D eigenvalue weighted by Crippen LogP contribution is 2.30. The van der Waals surface area contributed by atoms with Gasteiger partial charge in [-0.15, -0.1) is 0 Å². The number of alkyl halides is 3. The summed E-state index contributed by atoms with van der Waals surface area (Å²) >= 11 is 0. The van der Waals surface area contributed by atoms with Crippen molar-refractivity contribution in [2.45, 2.75) is 33.0 Å². The van der Waals surface area contributed by atoms with Gasteiger partial charge < -0.3 is 10.3 Å². The molecule has 10 heteroatoms. The van der Waals surface area contributed by atoms with Gasteiger partial charge in [0.25, 0.3) is 5.56 Å². The second-order valence-electron chi connectivity index (χ2n) is 6.12. The first-order chi connectivity index (χ1) is 12.6. The summed E-state index contributed by atoms with van der Waals surface area (Å²) in [6.07, 6.45) is -4.45. The number of halogens is 3. The lowest BCUT2D eigenvalue weighted by Gasteiger charge is -2.14. The Hall–Kier alpha value is -3.17. The minimum absolute atomic E-state index is 0.218. The second kappa shape index (κ2) is 6.53. The van der Waals surface area contributed by atoms with Gasteiger partial charge in [-0.05, 0) is 45.0 Å². The average Bonchev–Trinajstić information content (AvgIpc) is 2.90.